The average molecular weight is 336 g/mol. The van der Waals surface area contributed by atoms with E-state index in [4.69, 9.17) is 0 Å². The molecule has 1 aromatic carbocycles. The van der Waals surface area contributed by atoms with Crippen LogP contribution in [0, 0.1) is 0 Å². The molecule has 3 heterocycles. The minimum absolute atomic E-state index is 0.0606. The first-order chi connectivity index (χ1) is 12.2. The molecule has 0 aliphatic carbocycles. The summed E-state index contributed by atoms with van der Waals surface area (Å²) in [5, 5.41) is 5.15. The number of nitrogens with zero attached hydrogens (tertiary/aromatic N) is 6. The normalized spacial score (nSPS) is 15.6. The van der Waals surface area contributed by atoms with E-state index in [0.717, 1.165) is 49.2 Å². The Hall–Kier alpha value is -2.80. The zero-order chi connectivity index (χ0) is 17.2. The fourth-order valence-electron chi connectivity index (χ4n) is 3.18. The molecule has 7 nitrogen and oxygen atoms in total. The Morgan fingerprint density at radius 2 is 1.92 bits per heavy atom. The van der Waals surface area contributed by atoms with Crippen LogP contribution in [0.4, 0.5) is 5.69 Å². The lowest BCUT2D eigenvalue weighted by Gasteiger charge is -2.36. The molecule has 1 aliphatic heterocycles. The molecular weight excluding hydrogens is 316 g/mol. The molecule has 0 spiro atoms. The van der Waals surface area contributed by atoms with Crippen molar-refractivity contribution in [2.45, 2.75) is 6.54 Å². The highest BCUT2D eigenvalue weighted by molar-refractivity contribution is 5.81. The van der Waals surface area contributed by atoms with Crippen molar-refractivity contribution in [3.05, 3.63) is 58.9 Å². The third-order valence-corrected chi connectivity index (χ3v) is 4.66. The molecule has 1 saturated heterocycles. The molecule has 0 amide bonds. The van der Waals surface area contributed by atoms with Gasteiger partial charge in [0, 0.05) is 63.1 Å². The predicted molar refractivity (Wildman–Crippen MR) is 96.5 cm³/mol. The van der Waals surface area contributed by atoms with E-state index in [0.29, 0.717) is 0 Å². The summed E-state index contributed by atoms with van der Waals surface area (Å²) in [6.45, 7) is 4.59. The molecule has 7 heteroatoms. The molecule has 4 rings (SSSR count). The highest BCUT2D eigenvalue weighted by atomic mass is 16.1. The van der Waals surface area contributed by atoms with Gasteiger partial charge in [0.05, 0.1) is 11.7 Å². The summed E-state index contributed by atoms with van der Waals surface area (Å²) in [4.78, 5) is 24.8. The van der Waals surface area contributed by atoms with Crippen molar-refractivity contribution in [3.8, 4) is 0 Å². The van der Waals surface area contributed by atoms with Crippen molar-refractivity contribution >= 4 is 16.6 Å². The molecule has 2 aromatic heterocycles. The lowest BCUT2D eigenvalue weighted by Crippen LogP contribution is -2.46. The maximum atomic E-state index is 11.7. The van der Waals surface area contributed by atoms with Gasteiger partial charge in [-0.3, -0.25) is 9.69 Å². The Morgan fingerprint density at radius 3 is 2.72 bits per heavy atom. The van der Waals surface area contributed by atoms with Gasteiger partial charge < -0.3 is 4.90 Å². The van der Waals surface area contributed by atoms with Gasteiger partial charge >= 0.3 is 0 Å². The summed E-state index contributed by atoms with van der Waals surface area (Å²) in [6.07, 6.45) is 5.20. The summed E-state index contributed by atoms with van der Waals surface area (Å²) in [5.74, 6) is 0. The second kappa shape index (κ2) is 6.60. The second-order valence-corrected chi connectivity index (χ2v) is 6.35. The van der Waals surface area contributed by atoms with Gasteiger partial charge in [-0.2, -0.15) is 5.10 Å². The van der Waals surface area contributed by atoms with E-state index < -0.39 is 0 Å². The van der Waals surface area contributed by atoms with Crippen LogP contribution in [-0.2, 0) is 13.6 Å². The lowest BCUT2D eigenvalue weighted by molar-refractivity contribution is 0.249. The summed E-state index contributed by atoms with van der Waals surface area (Å²) in [6, 6.07) is 7.98. The third-order valence-electron chi connectivity index (χ3n) is 4.66. The summed E-state index contributed by atoms with van der Waals surface area (Å²) in [5.41, 5.74) is 3.08. The van der Waals surface area contributed by atoms with Crippen LogP contribution in [0.15, 0.2) is 47.8 Å². The maximum Gasteiger partial charge on any atom is 0.266 e. The van der Waals surface area contributed by atoms with Crippen LogP contribution in [-0.4, -0.2) is 50.8 Å². The number of aromatic nitrogens is 4. The maximum absolute atomic E-state index is 11.7. The first kappa shape index (κ1) is 15.7. The topological polar surface area (TPSA) is 67.2 Å². The van der Waals surface area contributed by atoms with E-state index in [-0.39, 0.29) is 5.56 Å². The van der Waals surface area contributed by atoms with E-state index in [1.807, 2.05) is 12.3 Å². The molecule has 0 saturated carbocycles. The Morgan fingerprint density at radius 1 is 1.08 bits per heavy atom. The van der Waals surface area contributed by atoms with Crippen LogP contribution in [0.1, 0.15) is 5.56 Å². The van der Waals surface area contributed by atoms with E-state index in [9.17, 15) is 4.79 Å². The van der Waals surface area contributed by atoms with Crippen molar-refractivity contribution < 1.29 is 0 Å². The van der Waals surface area contributed by atoms with Gasteiger partial charge in [0.1, 0.15) is 6.33 Å². The van der Waals surface area contributed by atoms with Gasteiger partial charge in [0.2, 0.25) is 0 Å². The molecule has 0 radical (unpaired) electrons. The quantitative estimate of drug-likeness (QED) is 0.712. The van der Waals surface area contributed by atoms with Crippen molar-refractivity contribution in [2.24, 2.45) is 7.05 Å². The van der Waals surface area contributed by atoms with Crippen LogP contribution >= 0.6 is 0 Å². The van der Waals surface area contributed by atoms with E-state index in [1.165, 1.54) is 10.4 Å². The molecule has 1 fully saturated rings. The second-order valence-electron chi connectivity index (χ2n) is 6.35. The molecule has 1 aliphatic rings. The fraction of sp³-hybridized carbons (Fsp3) is 0.333. The fourth-order valence-corrected chi connectivity index (χ4v) is 3.18. The van der Waals surface area contributed by atoms with Gasteiger partial charge in [-0.1, -0.05) is 0 Å². The molecule has 0 unspecified atom stereocenters. The smallest absolute Gasteiger partial charge is 0.266 e. The average Bonchev–Trinajstić information content (AvgIpc) is 2.65. The third kappa shape index (κ3) is 3.36. The first-order valence-electron chi connectivity index (χ1n) is 8.38. The van der Waals surface area contributed by atoms with Crippen molar-refractivity contribution in [1.29, 1.82) is 0 Å². The molecule has 0 atom stereocenters. The largest absolute Gasteiger partial charge is 0.369 e. The van der Waals surface area contributed by atoms with Crippen LogP contribution < -0.4 is 10.5 Å². The van der Waals surface area contributed by atoms with E-state index in [2.05, 4.69) is 37.0 Å². The minimum Gasteiger partial charge on any atom is -0.369 e. The summed E-state index contributed by atoms with van der Waals surface area (Å²) >= 11 is 0. The Kier molecular flexibility index (Phi) is 4.15. The molecule has 25 heavy (non-hydrogen) atoms. The van der Waals surface area contributed by atoms with E-state index >= 15 is 0 Å². The lowest BCUT2D eigenvalue weighted by atomic mass is 10.2. The number of hydrogen-bond acceptors (Lipinski definition) is 6. The zero-order valence-corrected chi connectivity index (χ0v) is 14.2. The number of fused-ring (bicyclic) bond motifs is 1. The molecule has 128 valence electrons. The summed E-state index contributed by atoms with van der Waals surface area (Å²) in [7, 11) is 1.67. The Bertz CT molecular complexity index is 945. The standard InChI is InChI=1S/C18H20N6O/c1-22-18(25)8-14(10-21-22)12-23-4-6-24(7-5-23)16-2-3-17-15(9-16)11-19-13-20-17/h2-3,8-11,13H,4-7,12H2,1H3. The highest BCUT2D eigenvalue weighted by Gasteiger charge is 2.18. The SMILES string of the molecule is Cn1ncc(CN2CCN(c3ccc4ncncc4c3)CC2)cc1=O. The summed E-state index contributed by atoms with van der Waals surface area (Å²) < 4.78 is 1.35. The molecule has 0 N–H and O–H groups in total. The van der Waals surface area contributed by atoms with Crippen molar-refractivity contribution in [2.75, 3.05) is 31.1 Å². The van der Waals surface area contributed by atoms with Gasteiger partial charge in [-0.05, 0) is 23.8 Å². The molecule has 0 bridgehead atoms. The van der Waals surface area contributed by atoms with Gasteiger partial charge in [0.15, 0.2) is 0 Å². The molecule has 3 aromatic rings. The number of aryl methyl sites for hydroxylation is 1. The van der Waals surface area contributed by atoms with Crippen LogP contribution in [0.2, 0.25) is 0 Å². The Labute approximate surface area is 145 Å². The highest BCUT2D eigenvalue weighted by Crippen LogP contribution is 2.21. The number of piperazine rings is 1. The van der Waals surface area contributed by atoms with Gasteiger partial charge in [0.25, 0.3) is 5.56 Å². The van der Waals surface area contributed by atoms with Crippen molar-refractivity contribution in [3.63, 3.8) is 0 Å². The van der Waals surface area contributed by atoms with Gasteiger partial charge in [-0.25, -0.2) is 14.6 Å². The van der Waals surface area contributed by atoms with Crippen molar-refractivity contribution in [1.82, 2.24) is 24.6 Å². The number of hydrogen-bond donors (Lipinski definition) is 0. The van der Waals surface area contributed by atoms with Crippen LogP contribution in [0.3, 0.4) is 0 Å². The van der Waals surface area contributed by atoms with E-state index in [1.54, 1.807) is 25.6 Å². The minimum atomic E-state index is -0.0606. The zero-order valence-electron chi connectivity index (χ0n) is 14.2. The number of anilines is 1. The monoisotopic (exact) mass is 336 g/mol. The number of rotatable bonds is 3. The number of benzene rings is 1. The first-order valence-corrected chi connectivity index (χ1v) is 8.38. The predicted octanol–water partition coefficient (Wildman–Crippen LogP) is 1.05. The van der Waals surface area contributed by atoms with Crippen LogP contribution in [0.5, 0.6) is 0 Å². The Balaban J connectivity index is 1.41. The van der Waals surface area contributed by atoms with Gasteiger partial charge in [-0.15, -0.1) is 0 Å². The van der Waals surface area contributed by atoms with Crippen LogP contribution in [0.25, 0.3) is 10.9 Å². The molecular formula is C18H20N6O.